The second-order valence-corrected chi connectivity index (χ2v) is 1.22. The topological polar surface area (TPSA) is 43.4 Å². The van der Waals surface area contributed by atoms with E-state index >= 15 is 0 Å². The van der Waals surface area contributed by atoms with Crippen LogP contribution in [-0.4, -0.2) is 34.4 Å². The predicted octanol–water partition coefficient (Wildman–Crippen LogP) is -1.49. The molecular formula is CH5LiO3S. The third kappa shape index (κ3) is 8.82. The first-order valence-electron chi connectivity index (χ1n) is 0.956. The summed E-state index contributed by atoms with van der Waals surface area (Å²) in [5, 5.41) is 0. The van der Waals surface area contributed by atoms with Crippen LogP contribution in [0, 0.1) is 0 Å². The molecule has 0 spiro atoms. The standard InChI is InChI=1S/CH4O3S.Li.H/c1-4-5(2)3;;/h5H,1H3;;. The third-order valence-corrected chi connectivity index (χ3v) is 0.447. The quantitative estimate of drug-likeness (QED) is 0.325. The molecule has 0 saturated carbocycles. The predicted molar refractivity (Wildman–Crippen MR) is 24.5 cm³/mol. The molecule has 0 aromatic carbocycles. The van der Waals surface area contributed by atoms with Crippen molar-refractivity contribution in [2.24, 2.45) is 0 Å². The van der Waals surface area contributed by atoms with E-state index in [2.05, 4.69) is 4.18 Å². The molecule has 0 unspecified atom stereocenters. The van der Waals surface area contributed by atoms with E-state index in [1.54, 1.807) is 0 Å². The first-order chi connectivity index (χ1) is 2.27. The Balaban J connectivity index is 0. The first kappa shape index (κ1) is 9.72. The molecule has 34 valence electrons. The van der Waals surface area contributed by atoms with Crippen LogP contribution >= 0.6 is 0 Å². The van der Waals surface area contributed by atoms with E-state index in [1.807, 2.05) is 0 Å². The molecule has 0 aliphatic rings. The zero-order chi connectivity index (χ0) is 4.28. The van der Waals surface area contributed by atoms with Gasteiger partial charge >= 0.3 is 18.9 Å². The Labute approximate surface area is 50.0 Å². The van der Waals surface area contributed by atoms with Gasteiger partial charge in [0.2, 0.25) is 0 Å². The summed E-state index contributed by atoms with van der Waals surface area (Å²) < 4.78 is 22.1. The van der Waals surface area contributed by atoms with Crippen LogP contribution in [0.2, 0.25) is 0 Å². The van der Waals surface area contributed by atoms with Gasteiger partial charge in [-0.25, -0.2) is 8.42 Å². The molecule has 0 fully saturated rings. The van der Waals surface area contributed by atoms with E-state index in [0.717, 1.165) is 7.11 Å². The second kappa shape index (κ2) is 5.51. The van der Waals surface area contributed by atoms with Crippen molar-refractivity contribution in [3.8, 4) is 0 Å². The molecule has 0 aromatic heterocycles. The Bertz CT molecular complexity index is 68.9. The average molecular weight is 104 g/mol. The van der Waals surface area contributed by atoms with Crippen molar-refractivity contribution in [2.75, 3.05) is 7.11 Å². The molecule has 3 nitrogen and oxygen atoms in total. The molecule has 0 aliphatic heterocycles. The maximum atomic E-state index is 9.18. The van der Waals surface area contributed by atoms with Crippen LogP contribution < -0.4 is 0 Å². The molecule has 6 heavy (non-hydrogen) atoms. The summed E-state index contributed by atoms with van der Waals surface area (Å²) in [5.74, 6) is 0. The maximum absolute atomic E-state index is 9.18. The zero-order valence-electron chi connectivity index (χ0n) is 2.67. The Morgan fingerprint density at radius 2 is 1.67 bits per heavy atom. The van der Waals surface area contributed by atoms with Crippen molar-refractivity contribution in [3.05, 3.63) is 0 Å². The van der Waals surface area contributed by atoms with Gasteiger partial charge in [-0.3, -0.25) is 4.18 Å². The summed E-state index contributed by atoms with van der Waals surface area (Å²) >= 11 is 0. The number of thiol groups is 1. The molecule has 0 bridgehead atoms. The van der Waals surface area contributed by atoms with Gasteiger partial charge in [-0.2, -0.15) is 0 Å². The van der Waals surface area contributed by atoms with Gasteiger partial charge in [0.1, 0.15) is 0 Å². The number of hydrogen-bond acceptors (Lipinski definition) is 3. The van der Waals surface area contributed by atoms with E-state index in [-0.39, 0.29) is 18.9 Å². The fourth-order valence-electron chi connectivity index (χ4n) is 0. The summed E-state index contributed by atoms with van der Waals surface area (Å²) in [6.45, 7) is 0. The Morgan fingerprint density at radius 1 is 1.50 bits per heavy atom. The van der Waals surface area contributed by atoms with Gasteiger partial charge in [0.05, 0.1) is 7.11 Å². The molecule has 0 rings (SSSR count). The SMILES string of the molecule is CO[SH](=O)=O.[LiH]. The number of rotatable bonds is 1. The fourth-order valence-corrected chi connectivity index (χ4v) is 0. The second-order valence-electron chi connectivity index (χ2n) is 0.406. The first-order valence-corrected chi connectivity index (χ1v) is 2.05. The minimum atomic E-state index is -2.60. The molecule has 0 radical (unpaired) electrons. The van der Waals surface area contributed by atoms with Crippen molar-refractivity contribution >= 4 is 29.8 Å². The van der Waals surface area contributed by atoms with Crippen LogP contribution in [0.15, 0.2) is 0 Å². The van der Waals surface area contributed by atoms with Crippen molar-refractivity contribution in [2.45, 2.75) is 0 Å². The van der Waals surface area contributed by atoms with E-state index in [0.29, 0.717) is 0 Å². The van der Waals surface area contributed by atoms with Crippen LogP contribution in [0.4, 0.5) is 0 Å². The van der Waals surface area contributed by atoms with Crippen molar-refractivity contribution in [1.29, 1.82) is 0 Å². The minimum absolute atomic E-state index is 0. The average Bonchev–Trinajstić information content (AvgIpc) is 1.38. The third-order valence-electron chi connectivity index (χ3n) is 0.149. The van der Waals surface area contributed by atoms with Crippen LogP contribution in [0.25, 0.3) is 0 Å². The van der Waals surface area contributed by atoms with Gasteiger partial charge in [0, 0.05) is 0 Å². The van der Waals surface area contributed by atoms with Gasteiger partial charge in [0.25, 0.3) is 11.0 Å². The van der Waals surface area contributed by atoms with Crippen molar-refractivity contribution < 1.29 is 12.6 Å². The van der Waals surface area contributed by atoms with Gasteiger partial charge in [-0.05, 0) is 0 Å². The summed E-state index contributed by atoms with van der Waals surface area (Å²) in [4.78, 5) is 0. The van der Waals surface area contributed by atoms with Gasteiger partial charge in [0.15, 0.2) is 0 Å². The molecule has 0 amide bonds. The van der Waals surface area contributed by atoms with Crippen molar-refractivity contribution in [1.82, 2.24) is 0 Å². The van der Waals surface area contributed by atoms with Crippen LogP contribution in [-0.2, 0) is 15.2 Å². The summed E-state index contributed by atoms with van der Waals surface area (Å²) in [5.41, 5.74) is 0. The molecular weight excluding hydrogens is 99.0 g/mol. The molecule has 0 atom stereocenters. The summed E-state index contributed by atoms with van der Waals surface area (Å²) in [6, 6.07) is 0. The molecule has 0 N–H and O–H groups in total. The Hall–Kier alpha value is 0.507. The monoisotopic (exact) mass is 104 g/mol. The summed E-state index contributed by atoms with van der Waals surface area (Å²) in [7, 11) is -1.50. The van der Waals surface area contributed by atoms with Crippen molar-refractivity contribution in [3.63, 3.8) is 0 Å². The van der Waals surface area contributed by atoms with E-state index < -0.39 is 11.0 Å². The van der Waals surface area contributed by atoms with Gasteiger partial charge in [-0.1, -0.05) is 0 Å². The Morgan fingerprint density at radius 3 is 1.67 bits per heavy atom. The number of hydrogen-bond donors (Lipinski definition) is 1. The zero-order valence-corrected chi connectivity index (χ0v) is 3.57. The molecule has 0 heterocycles. The van der Waals surface area contributed by atoms with E-state index in [4.69, 9.17) is 0 Å². The van der Waals surface area contributed by atoms with E-state index in [1.165, 1.54) is 0 Å². The van der Waals surface area contributed by atoms with E-state index in [9.17, 15) is 8.42 Å². The molecule has 0 aromatic rings. The van der Waals surface area contributed by atoms with Crippen LogP contribution in [0.3, 0.4) is 0 Å². The van der Waals surface area contributed by atoms with Gasteiger partial charge in [-0.15, -0.1) is 0 Å². The Kier molecular flexibility index (Phi) is 8.92. The fraction of sp³-hybridized carbons (Fsp3) is 1.00. The van der Waals surface area contributed by atoms with Crippen LogP contribution in [0.5, 0.6) is 0 Å². The molecule has 0 aliphatic carbocycles. The molecule has 0 saturated heterocycles. The normalized spacial score (nSPS) is 7.67. The van der Waals surface area contributed by atoms with Gasteiger partial charge < -0.3 is 0 Å². The summed E-state index contributed by atoms with van der Waals surface area (Å²) in [6.07, 6.45) is 0. The molecule has 5 heteroatoms. The van der Waals surface area contributed by atoms with Crippen LogP contribution in [0.1, 0.15) is 0 Å².